The van der Waals surface area contributed by atoms with E-state index in [0.717, 1.165) is 29.5 Å². The minimum atomic E-state index is -0.333. The molecule has 27 heavy (non-hydrogen) atoms. The molecule has 2 heterocycles. The van der Waals surface area contributed by atoms with Gasteiger partial charge in [0, 0.05) is 18.0 Å². The highest BCUT2D eigenvalue weighted by molar-refractivity contribution is 8.00. The highest BCUT2D eigenvalue weighted by Gasteiger charge is 2.24. The monoisotopic (exact) mass is 409 g/mol. The molecule has 1 aliphatic carbocycles. The Kier molecular flexibility index (Phi) is 6.60. The zero-order valence-corrected chi connectivity index (χ0v) is 18.0. The molecule has 1 aliphatic rings. The van der Waals surface area contributed by atoms with Gasteiger partial charge in [0.1, 0.15) is 4.83 Å². The van der Waals surface area contributed by atoms with Gasteiger partial charge in [0.15, 0.2) is 5.16 Å². The van der Waals surface area contributed by atoms with E-state index in [4.69, 9.17) is 9.72 Å². The SMILES string of the molecule is COCCn1c(SC(C)C(=O)NC(C)C)nc2sc3c(c2c1=O)CCCC3. The maximum Gasteiger partial charge on any atom is 0.263 e. The second kappa shape index (κ2) is 8.75. The lowest BCUT2D eigenvalue weighted by atomic mass is 9.97. The molecule has 2 aromatic rings. The van der Waals surface area contributed by atoms with Crippen LogP contribution in [-0.2, 0) is 28.9 Å². The van der Waals surface area contributed by atoms with E-state index in [1.807, 2.05) is 20.8 Å². The van der Waals surface area contributed by atoms with Crippen LogP contribution in [0.3, 0.4) is 0 Å². The molecule has 0 saturated carbocycles. The standard InChI is InChI=1S/C19H27N3O3S2/c1-11(2)20-16(23)12(3)26-19-21-17-15(18(24)22(19)9-10-25-4)13-7-5-6-8-14(13)27-17/h11-12H,5-10H2,1-4H3,(H,20,23). The molecule has 0 saturated heterocycles. The predicted molar refractivity (Wildman–Crippen MR) is 111 cm³/mol. The highest BCUT2D eigenvalue weighted by Crippen LogP contribution is 2.35. The largest absolute Gasteiger partial charge is 0.383 e. The van der Waals surface area contributed by atoms with Crippen LogP contribution in [0.1, 0.15) is 44.1 Å². The van der Waals surface area contributed by atoms with Crippen LogP contribution < -0.4 is 10.9 Å². The van der Waals surface area contributed by atoms with Gasteiger partial charge in [-0.1, -0.05) is 11.8 Å². The van der Waals surface area contributed by atoms with Crippen molar-refractivity contribution in [2.75, 3.05) is 13.7 Å². The number of aromatic nitrogens is 2. The Morgan fingerprint density at radius 1 is 1.33 bits per heavy atom. The van der Waals surface area contributed by atoms with E-state index in [0.29, 0.717) is 18.3 Å². The molecule has 0 bridgehead atoms. The number of rotatable bonds is 7. The number of ether oxygens (including phenoxy) is 1. The van der Waals surface area contributed by atoms with E-state index in [9.17, 15) is 9.59 Å². The fourth-order valence-electron chi connectivity index (χ4n) is 3.30. The summed E-state index contributed by atoms with van der Waals surface area (Å²) in [5.41, 5.74) is 1.18. The molecule has 148 valence electrons. The molecule has 6 nitrogen and oxygen atoms in total. The molecule has 0 aliphatic heterocycles. The lowest BCUT2D eigenvalue weighted by molar-refractivity contribution is -0.120. The molecule has 1 amide bonds. The van der Waals surface area contributed by atoms with Crippen LogP contribution in [0.5, 0.6) is 0 Å². The van der Waals surface area contributed by atoms with Crippen LogP contribution in [0.4, 0.5) is 0 Å². The van der Waals surface area contributed by atoms with Crippen molar-refractivity contribution in [3.8, 4) is 0 Å². The van der Waals surface area contributed by atoms with Crippen LogP contribution in [0.25, 0.3) is 10.2 Å². The van der Waals surface area contributed by atoms with E-state index >= 15 is 0 Å². The van der Waals surface area contributed by atoms with Gasteiger partial charge >= 0.3 is 0 Å². The molecular formula is C19H27N3O3S2. The van der Waals surface area contributed by atoms with Gasteiger partial charge in [-0.15, -0.1) is 11.3 Å². The summed E-state index contributed by atoms with van der Waals surface area (Å²) in [5, 5.41) is 3.95. The van der Waals surface area contributed by atoms with Gasteiger partial charge in [-0.2, -0.15) is 0 Å². The van der Waals surface area contributed by atoms with Gasteiger partial charge in [-0.05, 0) is 52.0 Å². The summed E-state index contributed by atoms with van der Waals surface area (Å²) < 4.78 is 6.87. The van der Waals surface area contributed by atoms with Crippen LogP contribution in [-0.4, -0.2) is 40.5 Å². The molecule has 0 fully saturated rings. The Morgan fingerprint density at radius 3 is 2.78 bits per heavy atom. The number of carbonyl (C=O) groups excluding carboxylic acids is 1. The topological polar surface area (TPSA) is 73.2 Å². The van der Waals surface area contributed by atoms with Crippen molar-refractivity contribution in [3.63, 3.8) is 0 Å². The zero-order valence-electron chi connectivity index (χ0n) is 16.3. The van der Waals surface area contributed by atoms with E-state index < -0.39 is 0 Å². The Balaban J connectivity index is 2.02. The maximum absolute atomic E-state index is 13.3. The van der Waals surface area contributed by atoms with Gasteiger partial charge in [0.05, 0.1) is 23.8 Å². The Bertz CT molecular complexity index is 888. The number of nitrogens with one attached hydrogen (secondary N) is 1. The van der Waals surface area contributed by atoms with E-state index in [1.54, 1.807) is 23.0 Å². The fraction of sp³-hybridized carbons (Fsp3) is 0.632. The van der Waals surface area contributed by atoms with Crippen molar-refractivity contribution < 1.29 is 9.53 Å². The molecule has 2 aromatic heterocycles. The lowest BCUT2D eigenvalue weighted by Gasteiger charge is -2.17. The van der Waals surface area contributed by atoms with Crippen molar-refractivity contribution in [2.45, 2.75) is 69.4 Å². The van der Waals surface area contributed by atoms with Crippen LogP contribution in [0.15, 0.2) is 9.95 Å². The molecular weight excluding hydrogens is 382 g/mol. The summed E-state index contributed by atoms with van der Waals surface area (Å²) in [6.07, 6.45) is 4.28. The van der Waals surface area contributed by atoms with Crippen molar-refractivity contribution in [2.24, 2.45) is 0 Å². The lowest BCUT2D eigenvalue weighted by Crippen LogP contribution is -2.36. The summed E-state index contributed by atoms with van der Waals surface area (Å²) in [5.74, 6) is -0.0480. The second-order valence-electron chi connectivity index (χ2n) is 7.16. The average molecular weight is 410 g/mol. The van der Waals surface area contributed by atoms with Gasteiger partial charge < -0.3 is 10.1 Å². The molecule has 1 unspecified atom stereocenters. The number of thiophene rings is 1. The first-order chi connectivity index (χ1) is 12.9. The number of hydrogen-bond acceptors (Lipinski definition) is 6. The Hall–Kier alpha value is -1.38. The summed E-state index contributed by atoms with van der Waals surface area (Å²) in [4.78, 5) is 32.5. The van der Waals surface area contributed by atoms with Gasteiger partial charge in [-0.25, -0.2) is 4.98 Å². The predicted octanol–water partition coefficient (Wildman–Crippen LogP) is 2.99. The van der Waals surface area contributed by atoms with Crippen LogP contribution in [0, 0.1) is 0 Å². The first-order valence-corrected chi connectivity index (χ1v) is 11.1. The maximum atomic E-state index is 13.3. The van der Waals surface area contributed by atoms with Crippen molar-refractivity contribution in [1.82, 2.24) is 14.9 Å². The van der Waals surface area contributed by atoms with Gasteiger partial charge in [0.25, 0.3) is 5.56 Å². The molecule has 0 radical (unpaired) electrons. The number of amides is 1. The van der Waals surface area contributed by atoms with Crippen LogP contribution in [0.2, 0.25) is 0 Å². The summed E-state index contributed by atoms with van der Waals surface area (Å²) in [7, 11) is 1.62. The smallest absolute Gasteiger partial charge is 0.263 e. The number of nitrogens with zero attached hydrogens (tertiary/aromatic N) is 2. The second-order valence-corrected chi connectivity index (χ2v) is 9.55. The molecule has 1 atom stereocenters. The first kappa shape index (κ1) is 20.4. The molecule has 0 aromatic carbocycles. The Morgan fingerprint density at radius 2 is 2.07 bits per heavy atom. The van der Waals surface area contributed by atoms with Crippen molar-refractivity contribution in [3.05, 3.63) is 20.8 Å². The average Bonchev–Trinajstić information content (AvgIpc) is 2.99. The molecule has 3 rings (SSSR count). The summed E-state index contributed by atoms with van der Waals surface area (Å²) in [6, 6.07) is 0.0793. The quantitative estimate of drug-likeness (QED) is 0.562. The van der Waals surface area contributed by atoms with Crippen LogP contribution >= 0.6 is 23.1 Å². The number of carbonyl (C=O) groups is 1. The Labute approximate surface area is 167 Å². The van der Waals surface area contributed by atoms with E-state index in [1.165, 1.54) is 28.6 Å². The molecule has 1 N–H and O–H groups in total. The zero-order chi connectivity index (χ0) is 19.6. The van der Waals surface area contributed by atoms with E-state index in [2.05, 4.69) is 5.32 Å². The third kappa shape index (κ3) is 4.38. The minimum Gasteiger partial charge on any atom is -0.383 e. The molecule has 0 spiro atoms. The third-order valence-corrected chi connectivity index (χ3v) is 6.92. The summed E-state index contributed by atoms with van der Waals surface area (Å²) >= 11 is 2.97. The number of aryl methyl sites for hydroxylation is 2. The molecule has 8 heteroatoms. The minimum absolute atomic E-state index is 0.00424. The number of hydrogen-bond donors (Lipinski definition) is 1. The van der Waals surface area contributed by atoms with Crippen molar-refractivity contribution in [1.29, 1.82) is 0 Å². The van der Waals surface area contributed by atoms with Crippen molar-refractivity contribution >= 4 is 39.2 Å². The van der Waals surface area contributed by atoms with Gasteiger partial charge in [-0.3, -0.25) is 14.2 Å². The summed E-state index contributed by atoms with van der Waals surface area (Å²) in [6.45, 7) is 6.58. The fourth-order valence-corrected chi connectivity index (χ4v) is 5.55. The number of fused-ring (bicyclic) bond motifs is 3. The first-order valence-electron chi connectivity index (χ1n) is 9.43. The highest BCUT2D eigenvalue weighted by atomic mass is 32.2. The normalized spacial score (nSPS) is 15.1. The third-order valence-electron chi connectivity index (χ3n) is 4.64. The number of methoxy groups -OCH3 is 1. The number of thioether (sulfide) groups is 1. The van der Waals surface area contributed by atoms with Gasteiger partial charge in [0.2, 0.25) is 5.91 Å². The van der Waals surface area contributed by atoms with E-state index in [-0.39, 0.29) is 22.8 Å².